The fraction of sp³-hybridized carbons (Fsp3) is 0.0577. The summed E-state index contributed by atoms with van der Waals surface area (Å²) >= 11 is 0. The quantitative estimate of drug-likeness (QED) is 0.172. The van der Waals surface area contributed by atoms with Crippen molar-refractivity contribution in [1.82, 2.24) is 19.5 Å². The van der Waals surface area contributed by atoms with Crippen LogP contribution in [0.4, 0.5) is 0 Å². The second-order valence-corrected chi connectivity index (χ2v) is 14.7. The van der Waals surface area contributed by atoms with E-state index >= 15 is 0 Å². The summed E-state index contributed by atoms with van der Waals surface area (Å²) < 4.78 is 2.24. The molecule has 4 nitrogen and oxygen atoms in total. The molecule has 2 aromatic heterocycles. The predicted molar refractivity (Wildman–Crippen MR) is 228 cm³/mol. The van der Waals surface area contributed by atoms with Crippen LogP contribution in [-0.4, -0.2) is 19.5 Å². The van der Waals surface area contributed by atoms with Crippen molar-refractivity contribution < 1.29 is 0 Å². The Balaban J connectivity index is 1.24. The van der Waals surface area contributed by atoms with Gasteiger partial charge in [0.2, 0.25) is 5.95 Å². The van der Waals surface area contributed by atoms with E-state index in [2.05, 4.69) is 168 Å². The van der Waals surface area contributed by atoms with Gasteiger partial charge in [-0.1, -0.05) is 182 Å². The van der Waals surface area contributed by atoms with E-state index in [1.165, 1.54) is 38.9 Å². The number of nitrogens with zero attached hydrogens (tertiary/aromatic N) is 4. The van der Waals surface area contributed by atoms with Gasteiger partial charge in [-0.25, -0.2) is 4.98 Å². The minimum Gasteiger partial charge on any atom is -0.278 e. The highest BCUT2D eigenvalue weighted by atomic mass is 15.2. The zero-order chi connectivity index (χ0) is 37.1. The average Bonchev–Trinajstić information content (AvgIpc) is 3.76. The van der Waals surface area contributed by atoms with Gasteiger partial charge in [-0.2, -0.15) is 9.97 Å². The monoisotopic (exact) mass is 716 g/mol. The van der Waals surface area contributed by atoms with Crippen molar-refractivity contribution in [2.45, 2.75) is 17.8 Å². The molecule has 2 aliphatic carbocycles. The highest BCUT2D eigenvalue weighted by molar-refractivity contribution is 6.11. The summed E-state index contributed by atoms with van der Waals surface area (Å²) in [7, 11) is 0. The van der Waals surface area contributed by atoms with Crippen molar-refractivity contribution in [3.05, 3.63) is 228 Å². The molecule has 1 unspecified atom stereocenters. The lowest BCUT2D eigenvalue weighted by atomic mass is 9.67. The van der Waals surface area contributed by atoms with Gasteiger partial charge in [0.25, 0.3) is 0 Å². The third-order valence-corrected chi connectivity index (χ3v) is 11.7. The van der Waals surface area contributed by atoms with Crippen molar-refractivity contribution >= 4 is 21.8 Å². The van der Waals surface area contributed by atoms with Crippen molar-refractivity contribution in [2.24, 2.45) is 0 Å². The van der Waals surface area contributed by atoms with Crippen LogP contribution in [0.15, 0.2) is 200 Å². The Hall–Kier alpha value is -7.17. The van der Waals surface area contributed by atoms with Gasteiger partial charge >= 0.3 is 0 Å². The van der Waals surface area contributed by atoms with Gasteiger partial charge in [0.1, 0.15) is 0 Å². The number of benzene rings is 7. The van der Waals surface area contributed by atoms with E-state index in [9.17, 15) is 0 Å². The Labute approximate surface area is 325 Å². The van der Waals surface area contributed by atoms with Crippen molar-refractivity contribution in [3.8, 4) is 39.9 Å². The molecule has 0 fully saturated rings. The molecule has 0 saturated heterocycles. The Morgan fingerprint density at radius 1 is 0.482 bits per heavy atom. The van der Waals surface area contributed by atoms with Crippen molar-refractivity contribution in [2.75, 3.05) is 0 Å². The maximum Gasteiger partial charge on any atom is 0.238 e. The zero-order valence-electron chi connectivity index (χ0n) is 30.6. The molecule has 11 rings (SSSR count). The molecular weight excluding hydrogens is 681 g/mol. The Bertz CT molecular complexity index is 2880. The van der Waals surface area contributed by atoms with Crippen molar-refractivity contribution in [3.63, 3.8) is 0 Å². The minimum atomic E-state index is -0.539. The number of allylic oxidation sites excluding steroid dienone is 4. The molecule has 1 atom stereocenters. The van der Waals surface area contributed by atoms with Crippen LogP contribution in [0.1, 0.15) is 40.2 Å². The number of rotatable bonds is 6. The summed E-state index contributed by atoms with van der Waals surface area (Å²) in [4.78, 5) is 15.5. The topological polar surface area (TPSA) is 43.6 Å². The van der Waals surface area contributed by atoms with Gasteiger partial charge < -0.3 is 0 Å². The largest absolute Gasteiger partial charge is 0.278 e. The fourth-order valence-electron chi connectivity index (χ4n) is 9.14. The molecule has 4 heteroatoms. The van der Waals surface area contributed by atoms with E-state index in [0.717, 1.165) is 39.4 Å². The molecular formula is C52H36N4. The highest BCUT2D eigenvalue weighted by Gasteiger charge is 2.47. The van der Waals surface area contributed by atoms with Crippen LogP contribution in [-0.2, 0) is 5.41 Å². The SMILES string of the molecule is C1=CCC(c2ccc3c(c2)C(c2ccccc2)(c2ccccc2)c2cc4c5ccccc5n(-c5nc(-c6ccccc6)nc(-c6ccccc6)n5)c4cc2-3)C=C1. The van der Waals surface area contributed by atoms with E-state index < -0.39 is 5.41 Å². The summed E-state index contributed by atoms with van der Waals surface area (Å²) in [6, 6.07) is 63.2. The maximum atomic E-state index is 5.23. The first kappa shape index (κ1) is 32.3. The summed E-state index contributed by atoms with van der Waals surface area (Å²) in [6.45, 7) is 0. The Kier molecular flexibility index (Phi) is 7.49. The summed E-state index contributed by atoms with van der Waals surface area (Å²) in [5.74, 6) is 2.19. The lowest BCUT2D eigenvalue weighted by Gasteiger charge is -2.34. The molecule has 0 spiro atoms. The van der Waals surface area contributed by atoms with Crippen LogP contribution in [0.3, 0.4) is 0 Å². The number of fused-ring (bicyclic) bond motifs is 6. The van der Waals surface area contributed by atoms with E-state index in [1.54, 1.807) is 0 Å². The van der Waals surface area contributed by atoms with E-state index in [-0.39, 0.29) is 0 Å². The number of hydrogen-bond acceptors (Lipinski definition) is 3. The van der Waals surface area contributed by atoms with Crippen LogP contribution in [0, 0.1) is 0 Å². The van der Waals surface area contributed by atoms with E-state index in [1.807, 2.05) is 36.4 Å². The lowest BCUT2D eigenvalue weighted by Crippen LogP contribution is -2.28. The molecule has 0 amide bonds. The number of aromatic nitrogens is 4. The second-order valence-electron chi connectivity index (χ2n) is 14.7. The molecule has 2 aliphatic rings. The molecule has 264 valence electrons. The van der Waals surface area contributed by atoms with Crippen LogP contribution in [0.25, 0.3) is 61.7 Å². The highest BCUT2D eigenvalue weighted by Crippen LogP contribution is 2.58. The second kappa shape index (κ2) is 13.0. The van der Waals surface area contributed by atoms with Gasteiger partial charge in [-0.05, 0) is 63.6 Å². The minimum absolute atomic E-state index is 0.326. The molecule has 0 aliphatic heterocycles. The molecule has 0 saturated carbocycles. The Morgan fingerprint density at radius 2 is 1.07 bits per heavy atom. The van der Waals surface area contributed by atoms with Gasteiger partial charge in [0.05, 0.1) is 16.4 Å². The molecule has 0 bridgehead atoms. The van der Waals surface area contributed by atoms with Crippen LogP contribution < -0.4 is 0 Å². The van der Waals surface area contributed by atoms with Gasteiger partial charge in [0, 0.05) is 27.8 Å². The van der Waals surface area contributed by atoms with Gasteiger partial charge in [-0.3, -0.25) is 4.57 Å². The van der Waals surface area contributed by atoms with Crippen LogP contribution >= 0.6 is 0 Å². The van der Waals surface area contributed by atoms with Crippen LogP contribution in [0.2, 0.25) is 0 Å². The smallest absolute Gasteiger partial charge is 0.238 e. The van der Waals surface area contributed by atoms with E-state index in [0.29, 0.717) is 23.5 Å². The molecule has 9 aromatic rings. The van der Waals surface area contributed by atoms with Crippen LogP contribution in [0.5, 0.6) is 0 Å². The summed E-state index contributed by atoms with van der Waals surface area (Å²) in [5.41, 5.74) is 12.3. The number of hydrogen-bond donors (Lipinski definition) is 0. The third-order valence-electron chi connectivity index (χ3n) is 11.7. The first-order chi connectivity index (χ1) is 27.8. The Morgan fingerprint density at radius 3 is 1.70 bits per heavy atom. The normalized spacial score (nSPS) is 15.2. The summed E-state index contributed by atoms with van der Waals surface area (Å²) in [6.07, 6.45) is 9.94. The predicted octanol–water partition coefficient (Wildman–Crippen LogP) is 12.3. The third kappa shape index (κ3) is 4.96. The molecule has 0 radical (unpaired) electrons. The standard InChI is InChI=1S/C52H36N4/c1-6-18-35(19-7-1)38-30-31-41-43-34-48-44(33-46(43)52(45(41)32-38,39-24-12-4-13-25-39)40-26-14-5-15-27-40)42-28-16-17-29-47(42)56(48)51-54-49(36-20-8-2-9-21-36)53-50(55-51)37-22-10-3-11-23-37/h1-18,20-35H,19H2. The first-order valence-corrected chi connectivity index (χ1v) is 19.3. The first-order valence-electron chi connectivity index (χ1n) is 19.3. The van der Waals surface area contributed by atoms with Gasteiger partial charge in [0.15, 0.2) is 11.6 Å². The fourth-order valence-corrected chi connectivity index (χ4v) is 9.14. The van der Waals surface area contributed by atoms with E-state index in [4.69, 9.17) is 15.0 Å². The maximum absolute atomic E-state index is 5.23. The molecule has 7 aromatic carbocycles. The lowest BCUT2D eigenvalue weighted by molar-refractivity contribution is 0.762. The van der Waals surface area contributed by atoms with Gasteiger partial charge in [-0.15, -0.1) is 0 Å². The molecule has 0 N–H and O–H groups in total. The summed E-state index contributed by atoms with van der Waals surface area (Å²) in [5, 5.41) is 2.31. The average molecular weight is 717 g/mol. The molecule has 56 heavy (non-hydrogen) atoms. The van der Waals surface area contributed by atoms with Crippen molar-refractivity contribution in [1.29, 1.82) is 0 Å². The number of para-hydroxylation sites is 1. The zero-order valence-corrected chi connectivity index (χ0v) is 30.6. The molecule has 2 heterocycles.